The van der Waals surface area contributed by atoms with Gasteiger partial charge in [0.15, 0.2) is 5.82 Å². The van der Waals surface area contributed by atoms with E-state index in [1.165, 1.54) is 11.1 Å². The van der Waals surface area contributed by atoms with Crippen LogP contribution < -0.4 is 5.32 Å². The molecule has 31 heavy (non-hydrogen) atoms. The van der Waals surface area contributed by atoms with Crippen molar-refractivity contribution in [3.63, 3.8) is 0 Å². The number of amides is 1. The molecule has 7 heteroatoms. The Kier molecular flexibility index (Phi) is 6.72. The van der Waals surface area contributed by atoms with E-state index in [0.717, 1.165) is 57.7 Å². The normalized spacial score (nSPS) is 19.6. The van der Waals surface area contributed by atoms with E-state index in [0.29, 0.717) is 19.0 Å². The average molecular weight is 426 g/mol. The van der Waals surface area contributed by atoms with E-state index in [1.807, 2.05) is 11.5 Å². The molecule has 1 saturated heterocycles. The molecule has 1 atom stereocenters. The molecule has 2 aromatic rings. The fraction of sp³-hybridized carbons (Fsp3) is 0.625. The molecule has 7 nitrogen and oxygen atoms in total. The molecule has 0 radical (unpaired) electrons. The minimum atomic E-state index is -0.141. The first-order valence-corrected chi connectivity index (χ1v) is 11.6. The highest BCUT2D eigenvalue weighted by Crippen LogP contribution is 2.36. The second kappa shape index (κ2) is 9.49. The van der Waals surface area contributed by atoms with Crippen LogP contribution in [0.5, 0.6) is 0 Å². The Morgan fingerprint density at radius 2 is 1.87 bits per heavy atom. The summed E-state index contributed by atoms with van der Waals surface area (Å²) in [5, 5.41) is 11.5. The van der Waals surface area contributed by atoms with Crippen molar-refractivity contribution in [1.29, 1.82) is 0 Å². The summed E-state index contributed by atoms with van der Waals surface area (Å²) in [6, 6.07) is 9.09. The van der Waals surface area contributed by atoms with Crippen LogP contribution in [0, 0.1) is 5.41 Å². The van der Waals surface area contributed by atoms with Crippen molar-refractivity contribution in [1.82, 2.24) is 25.0 Å². The van der Waals surface area contributed by atoms with Crippen molar-refractivity contribution in [2.75, 3.05) is 19.7 Å². The number of aryl methyl sites for hydroxylation is 1. The molecule has 0 bridgehead atoms. The quantitative estimate of drug-likeness (QED) is 0.770. The third kappa shape index (κ3) is 4.99. The number of hydrogen-bond acceptors (Lipinski definition) is 5. The molecule has 0 aliphatic carbocycles. The Bertz CT molecular complexity index is 884. The fourth-order valence-corrected chi connectivity index (χ4v) is 4.53. The number of nitrogens with zero attached hydrogens (tertiary/aromatic N) is 4. The van der Waals surface area contributed by atoms with Crippen molar-refractivity contribution >= 4 is 5.91 Å². The molecular weight excluding hydrogens is 390 g/mol. The van der Waals surface area contributed by atoms with Gasteiger partial charge in [0.05, 0.1) is 6.61 Å². The van der Waals surface area contributed by atoms with Crippen LogP contribution in [-0.2, 0) is 30.9 Å². The molecule has 1 spiro atoms. The average Bonchev–Trinajstić information content (AvgIpc) is 3.09. The molecule has 4 rings (SSSR count). The highest BCUT2D eigenvalue weighted by molar-refractivity contribution is 5.90. The van der Waals surface area contributed by atoms with Gasteiger partial charge in [-0.1, -0.05) is 38.1 Å². The van der Waals surface area contributed by atoms with Gasteiger partial charge in [-0.2, -0.15) is 0 Å². The summed E-state index contributed by atoms with van der Waals surface area (Å²) in [5.74, 6) is 1.03. The number of rotatable bonds is 6. The fourth-order valence-electron chi connectivity index (χ4n) is 4.53. The van der Waals surface area contributed by atoms with E-state index in [9.17, 15) is 4.79 Å². The Morgan fingerprint density at radius 1 is 1.16 bits per heavy atom. The molecule has 2 aliphatic rings. The zero-order valence-corrected chi connectivity index (χ0v) is 19.1. The van der Waals surface area contributed by atoms with Crippen LogP contribution in [0.2, 0.25) is 0 Å². The van der Waals surface area contributed by atoms with Gasteiger partial charge in [-0.3, -0.25) is 9.69 Å². The first-order valence-electron chi connectivity index (χ1n) is 11.6. The van der Waals surface area contributed by atoms with Gasteiger partial charge in [0.1, 0.15) is 6.61 Å². The Labute approximate surface area is 185 Å². The Morgan fingerprint density at radius 3 is 2.55 bits per heavy atom. The summed E-state index contributed by atoms with van der Waals surface area (Å²) >= 11 is 0. The van der Waals surface area contributed by atoms with Gasteiger partial charge in [-0.25, -0.2) is 0 Å². The number of likely N-dealkylation sites (tertiary alicyclic amines) is 1. The molecule has 1 aromatic heterocycles. The van der Waals surface area contributed by atoms with Crippen molar-refractivity contribution in [2.24, 2.45) is 5.41 Å². The molecule has 1 N–H and O–H groups in total. The van der Waals surface area contributed by atoms with Crippen LogP contribution >= 0.6 is 0 Å². The number of nitrogens with one attached hydrogen (secondary N) is 1. The van der Waals surface area contributed by atoms with E-state index >= 15 is 0 Å². The maximum atomic E-state index is 12.7. The summed E-state index contributed by atoms with van der Waals surface area (Å²) in [4.78, 5) is 15.3. The lowest BCUT2D eigenvalue weighted by Crippen LogP contribution is -2.44. The van der Waals surface area contributed by atoms with Crippen molar-refractivity contribution in [3.8, 4) is 0 Å². The smallest absolute Gasteiger partial charge is 0.289 e. The predicted octanol–water partition coefficient (Wildman–Crippen LogP) is 3.18. The van der Waals surface area contributed by atoms with E-state index < -0.39 is 0 Å². The standard InChI is InChI=1S/C24H35N5O2/c1-4-18(3)25-23(30)22-27-26-21-15-31-17-24(16-29(21)22)10-12-28(13-11-24)14-20-8-6-19(5-2)7-9-20/h6-9,18H,4-5,10-17H2,1-3H3,(H,25,30). The number of carbonyl (C=O) groups excluding carboxylic acids is 1. The van der Waals surface area contributed by atoms with E-state index in [2.05, 4.69) is 58.5 Å². The molecule has 1 aromatic carbocycles. The summed E-state index contributed by atoms with van der Waals surface area (Å²) < 4.78 is 8.02. The zero-order valence-electron chi connectivity index (χ0n) is 19.1. The number of fused-ring (bicyclic) bond motifs is 1. The number of aromatic nitrogens is 3. The summed E-state index contributed by atoms with van der Waals surface area (Å²) in [6.45, 7) is 11.2. The van der Waals surface area contributed by atoms with Gasteiger partial charge < -0.3 is 14.6 Å². The zero-order chi connectivity index (χ0) is 21.8. The Hall–Kier alpha value is -2.25. The van der Waals surface area contributed by atoms with Crippen molar-refractivity contribution in [2.45, 2.75) is 72.2 Å². The lowest BCUT2D eigenvalue weighted by atomic mass is 9.78. The maximum Gasteiger partial charge on any atom is 0.289 e. The second-order valence-corrected chi connectivity index (χ2v) is 9.25. The first-order chi connectivity index (χ1) is 15.0. The van der Waals surface area contributed by atoms with Crippen molar-refractivity contribution < 1.29 is 9.53 Å². The van der Waals surface area contributed by atoms with Crippen LogP contribution in [0.4, 0.5) is 0 Å². The minimum absolute atomic E-state index is 0.0294. The molecule has 0 saturated carbocycles. The number of ether oxygens (including phenoxy) is 1. The summed E-state index contributed by atoms with van der Waals surface area (Å²) in [7, 11) is 0. The molecular formula is C24H35N5O2. The van der Waals surface area contributed by atoms with E-state index in [1.54, 1.807) is 0 Å². The maximum absolute atomic E-state index is 12.7. The summed E-state index contributed by atoms with van der Waals surface area (Å²) in [5.41, 5.74) is 2.78. The highest BCUT2D eigenvalue weighted by Gasteiger charge is 2.39. The number of carbonyl (C=O) groups is 1. The van der Waals surface area contributed by atoms with Gasteiger partial charge in [0, 0.05) is 24.5 Å². The van der Waals surface area contributed by atoms with Gasteiger partial charge in [0.25, 0.3) is 5.91 Å². The van der Waals surface area contributed by atoms with E-state index in [4.69, 9.17) is 4.74 Å². The van der Waals surface area contributed by atoms with Crippen LogP contribution in [0.15, 0.2) is 24.3 Å². The first kappa shape index (κ1) is 22.0. The minimum Gasteiger partial charge on any atom is -0.373 e. The molecule has 1 unspecified atom stereocenters. The third-order valence-electron chi connectivity index (χ3n) is 6.91. The molecule has 168 valence electrons. The van der Waals surface area contributed by atoms with Gasteiger partial charge >= 0.3 is 0 Å². The second-order valence-electron chi connectivity index (χ2n) is 9.25. The summed E-state index contributed by atoms with van der Waals surface area (Å²) in [6.07, 6.45) is 4.06. The van der Waals surface area contributed by atoms with Crippen LogP contribution in [0.1, 0.15) is 67.6 Å². The molecule has 1 fully saturated rings. The third-order valence-corrected chi connectivity index (χ3v) is 6.91. The lowest BCUT2D eigenvalue weighted by molar-refractivity contribution is -0.00570. The largest absolute Gasteiger partial charge is 0.373 e. The SMILES string of the molecule is CCc1ccc(CN2CCC3(CC2)COCc2nnc(C(=O)NC(C)CC)n2C3)cc1. The van der Waals surface area contributed by atoms with Gasteiger partial charge in [0.2, 0.25) is 5.82 Å². The van der Waals surface area contributed by atoms with Crippen molar-refractivity contribution in [3.05, 3.63) is 47.0 Å². The van der Waals surface area contributed by atoms with Crippen LogP contribution in [-0.4, -0.2) is 51.3 Å². The molecule has 1 amide bonds. The lowest BCUT2D eigenvalue weighted by Gasteiger charge is -2.41. The number of benzene rings is 1. The van der Waals surface area contributed by atoms with E-state index in [-0.39, 0.29) is 17.4 Å². The van der Waals surface area contributed by atoms with Crippen LogP contribution in [0.25, 0.3) is 0 Å². The topological polar surface area (TPSA) is 72.3 Å². The predicted molar refractivity (Wildman–Crippen MR) is 120 cm³/mol. The van der Waals surface area contributed by atoms with Crippen LogP contribution in [0.3, 0.4) is 0 Å². The molecule has 2 aliphatic heterocycles. The monoisotopic (exact) mass is 425 g/mol. The number of piperidine rings is 1. The van der Waals surface area contributed by atoms with Gasteiger partial charge in [-0.15, -0.1) is 10.2 Å². The molecule has 3 heterocycles. The Balaban J connectivity index is 1.42. The van der Waals surface area contributed by atoms with Gasteiger partial charge in [-0.05, 0) is 56.8 Å². The highest BCUT2D eigenvalue weighted by atomic mass is 16.5. The number of hydrogen-bond donors (Lipinski definition) is 1.